The molecule has 0 spiro atoms. The van der Waals surface area contributed by atoms with Crippen LogP contribution in [-0.2, 0) is 11.2 Å². The fourth-order valence-electron chi connectivity index (χ4n) is 3.65. The van der Waals surface area contributed by atoms with Gasteiger partial charge in [0.15, 0.2) is 0 Å². The largest absolute Gasteiger partial charge is 0.377 e. The maximum Gasteiger partial charge on any atom is 0.322 e. The quantitative estimate of drug-likeness (QED) is 0.912. The van der Waals surface area contributed by atoms with Crippen LogP contribution in [0.25, 0.3) is 0 Å². The van der Waals surface area contributed by atoms with Crippen LogP contribution in [-0.4, -0.2) is 50.3 Å². The summed E-state index contributed by atoms with van der Waals surface area (Å²) in [6.07, 6.45) is 3.45. The van der Waals surface area contributed by atoms with Gasteiger partial charge < -0.3 is 19.9 Å². The minimum absolute atomic E-state index is 0.0307. The normalized spacial score (nSPS) is 24.3. The smallest absolute Gasteiger partial charge is 0.322 e. The number of ether oxygens (including phenoxy) is 1. The summed E-state index contributed by atoms with van der Waals surface area (Å²) in [5, 5.41) is 3.15. The molecule has 1 saturated heterocycles. The number of urea groups is 1. The Kier molecular flexibility index (Phi) is 3.45. The third kappa shape index (κ3) is 2.43. The molecule has 1 aromatic rings. The number of hydrogen-bond acceptors (Lipinski definition) is 3. The minimum atomic E-state index is 0.0307. The molecule has 2 amide bonds. The van der Waals surface area contributed by atoms with Gasteiger partial charge in [-0.25, -0.2) is 4.79 Å². The average Bonchev–Trinajstić information content (AvgIpc) is 3.32. The number of carbonyl (C=O) groups is 1. The van der Waals surface area contributed by atoms with Crippen LogP contribution in [0, 0.1) is 5.92 Å². The first-order valence-corrected chi connectivity index (χ1v) is 8.22. The van der Waals surface area contributed by atoms with Crippen molar-refractivity contribution in [2.45, 2.75) is 25.3 Å². The highest BCUT2D eigenvalue weighted by Crippen LogP contribution is 2.37. The molecule has 1 aromatic carbocycles. The number of benzene rings is 1. The van der Waals surface area contributed by atoms with E-state index in [1.807, 2.05) is 17.0 Å². The molecule has 1 N–H and O–H groups in total. The lowest BCUT2D eigenvalue weighted by molar-refractivity contribution is 0.00772. The van der Waals surface area contributed by atoms with Crippen molar-refractivity contribution in [3.63, 3.8) is 0 Å². The summed E-state index contributed by atoms with van der Waals surface area (Å²) in [7, 11) is 2.10. The molecular weight excluding hydrogens is 278 g/mol. The lowest BCUT2D eigenvalue weighted by Gasteiger charge is -2.36. The number of carbonyl (C=O) groups excluding carboxylic acids is 1. The Balaban J connectivity index is 1.52. The van der Waals surface area contributed by atoms with Gasteiger partial charge in [-0.2, -0.15) is 0 Å². The van der Waals surface area contributed by atoms with E-state index in [4.69, 9.17) is 4.74 Å². The monoisotopic (exact) mass is 301 g/mol. The van der Waals surface area contributed by atoms with Gasteiger partial charge >= 0.3 is 6.03 Å². The fraction of sp³-hybridized carbons (Fsp3) is 0.588. The van der Waals surface area contributed by atoms with Crippen LogP contribution < -0.4 is 10.2 Å². The molecule has 2 aliphatic heterocycles. The van der Waals surface area contributed by atoms with Crippen molar-refractivity contribution in [3.8, 4) is 0 Å². The number of amides is 2. The fourth-order valence-corrected chi connectivity index (χ4v) is 3.65. The second-order valence-electron chi connectivity index (χ2n) is 6.58. The number of likely N-dealkylation sites (N-methyl/N-ethyl adjacent to an activating group) is 1. The number of rotatable bonds is 2. The lowest BCUT2D eigenvalue weighted by atomic mass is 10.1. The van der Waals surface area contributed by atoms with E-state index in [1.54, 1.807) is 0 Å². The zero-order valence-electron chi connectivity index (χ0n) is 13.0. The van der Waals surface area contributed by atoms with Crippen molar-refractivity contribution in [2.24, 2.45) is 5.92 Å². The zero-order chi connectivity index (χ0) is 15.1. The molecule has 1 saturated carbocycles. The molecular formula is C17H23N3O2. The van der Waals surface area contributed by atoms with Crippen molar-refractivity contribution in [2.75, 3.05) is 43.6 Å². The second-order valence-corrected chi connectivity index (χ2v) is 6.58. The first-order chi connectivity index (χ1) is 10.7. The highest BCUT2D eigenvalue weighted by molar-refractivity contribution is 5.92. The molecule has 3 aliphatic rings. The number of nitrogens with one attached hydrogen (secondary N) is 1. The van der Waals surface area contributed by atoms with Crippen LogP contribution in [0.4, 0.5) is 16.2 Å². The van der Waals surface area contributed by atoms with Crippen molar-refractivity contribution in [1.82, 2.24) is 4.90 Å². The van der Waals surface area contributed by atoms with Gasteiger partial charge in [0.25, 0.3) is 0 Å². The number of nitrogens with zero attached hydrogens (tertiary/aromatic N) is 2. The summed E-state index contributed by atoms with van der Waals surface area (Å²) in [4.78, 5) is 17.0. The first kappa shape index (κ1) is 13.9. The van der Waals surface area contributed by atoms with E-state index >= 15 is 0 Å². The summed E-state index contributed by atoms with van der Waals surface area (Å²) in [5.74, 6) is 0.638. The van der Waals surface area contributed by atoms with Crippen molar-refractivity contribution >= 4 is 17.4 Å². The Bertz CT molecular complexity index is 585. The Morgan fingerprint density at radius 3 is 3.00 bits per heavy atom. The van der Waals surface area contributed by atoms with E-state index in [1.165, 1.54) is 24.1 Å². The van der Waals surface area contributed by atoms with E-state index in [-0.39, 0.29) is 12.1 Å². The number of anilines is 2. The summed E-state index contributed by atoms with van der Waals surface area (Å²) < 4.78 is 5.57. The Hall–Kier alpha value is -1.75. The predicted octanol–water partition coefficient (Wildman–Crippen LogP) is 2.32. The Morgan fingerprint density at radius 1 is 1.32 bits per heavy atom. The number of hydrogen-bond donors (Lipinski definition) is 1. The van der Waals surface area contributed by atoms with E-state index in [0.717, 1.165) is 18.7 Å². The third-order valence-corrected chi connectivity index (χ3v) is 5.09. The van der Waals surface area contributed by atoms with Crippen LogP contribution in [0.5, 0.6) is 0 Å². The zero-order valence-corrected chi connectivity index (χ0v) is 13.0. The molecule has 1 aliphatic carbocycles. The second kappa shape index (κ2) is 5.47. The van der Waals surface area contributed by atoms with E-state index < -0.39 is 0 Å². The van der Waals surface area contributed by atoms with E-state index in [0.29, 0.717) is 25.7 Å². The Labute approximate surface area is 131 Å². The minimum Gasteiger partial charge on any atom is -0.377 e. The van der Waals surface area contributed by atoms with Crippen LogP contribution in [0.15, 0.2) is 18.2 Å². The summed E-state index contributed by atoms with van der Waals surface area (Å²) in [6, 6.07) is 6.45. The van der Waals surface area contributed by atoms with Crippen molar-refractivity contribution in [1.29, 1.82) is 0 Å². The van der Waals surface area contributed by atoms with Gasteiger partial charge in [0.1, 0.15) is 0 Å². The molecule has 1 unspecified atom stereocenters. The molecule has 0 bridgehead atoms. The van der Waals surface area contributed by atoms with Crippen LogP contribution in [0.3, 0.4) is 0 Å². The maximum atomic E-state index is 12.7. The van der Waals surface area contributed by atoms with Gasteiger partial charge in [-0.05, 0) is 37.3 Å². The van der Waals surface area contributed by atoms with Crippen LogP contribution >= 0.6 is 0 Å². The maximum absolute atomic E-state index is 12.7. The Morgan fingerprint density at radius 2 is 2.18 bits per heavy atom. The summed E-state index contributed by atoms with van der Waals surface area (Å²) in [6.45, 7) is 3.05. The van der Waals surface area contributed by atoms with Gasteiger partial charge in [-0.15, -0.1) is 0 Å². The van der Waals surface area contributed by atoms with Crippen LogP contribution in [0.1, 0.15) is 18.4 Å². The van der Waals surface area contributed by atoms with E-state index in [2.05, 4.69) is 23.3 Å². The molecule has 5 heteroatoms. The molecule has 0 radical (unpaired) electrons. The topological polar surface area (TPSA) is 44.8 Å². The highest BCUT2D eigenvalue weighted by Gasteiger charge is 2.39. The third-order valence-electron chi connectivity index (χ3n) is 5.09. The molecule has 2 heterocycles. The number of morpholine rings is 1. The molecule has 22 heavy (non-hydrogen) atoms. The highest BCUT2D eigenvalue weighted by atomic mass is 16.5. The molecule has 0 aromatic heterocycles. The standard InChI is InChI=1S/C17H23N3O2/c1-19-8-7-13-14(3-2-4-15(13)19)18-17(21)20-9-10-22-11-16(20)12-5-6-12/h2-4,12,16H,5-11H2,1H3,(H,18,21). The SMILES string of the molecule is CN1CCc2c(NC(=O)N3CCOCC3C3CC3)cccc21. The molecule has 118 valence electrons. The summed E-state index contributed by atoms with van der Waals surface area (Å²) >= 11 is 0. The first-order valence-electron chi connectivity index (χ1n) is 8.22. The molecule has 4 rings (SSSR count). The van der Waals surface area contributed by atoms with Gasteiger partial charge in [0.2, 0.25) is 0 Å². The van der Waals surface area contributed by atoms with Crippen LogP contribution in [0.2, 0.25) is 0 Å². The van der Waals surface area contributed by atoms with Gasteiger partial charge in [-0.1, -0.05) is 6.07 Å². The van der Waals surface area contributed by atoms with E-state index in [9.17, 15) is 4.79 Å². The average molecular weight is 301 g/mol. The summed E-state index contributed by atoms with van der Waals surface area (Å²) in [5.41, 5.74) is 3.46. The van der Waals surface area contributed by atoms with Gasteiger partial charge in [-0.3, -0.25) is 0 Å². The lowest BCUT2D eigenvalue weighted by Crippen LogP contribution is -2.51. The number of fused-ring (bicyclic) bond motifs is 1. The van der Waals surface area contributed by atoms with Gasteiger partial charge in [0, 0.05) is 37.1 Å². The van der Waals surface area contributed by atoms with Gasteiger partial charge in [0.05, 0.1) is 19.3 Å². The molecule has 2 fully saturated rings. The van der Waals surface area contributed by atoms with Crippen molar-refractivity contribution in [3.05, 3.63) is 23.8 Å². The molecule has 1 atom stereocenters. The van der Waals surface area contributed by atoms with Crippen molar-refractivity contribution < 1.29 is 9.53 Å². The molecule has 5 nitrogen and oxygen atoms in total. The predicted molar refractivity (Wildman–Crippen MR) is 86.5 cm³/mol.